The second kappa shape index (κ2) is 6.84. The lowest BCUT2D eigenvalue weighted by Crippen LogP contribution is -2.23. The molecule has 8 nitrogen and oxygen atoms in total. The molecule has 0 saturated carbocycles. The van der Waals surface area contributed by atoms with Crippen LogP contribution in [0.4, 0.5) is 17.6 Å². The van der Waals surface area contributed by atoms with E-state index < -0.39 is 35.2 Å². The van der Waals surface area contributed by atoms with Crippen molar-refractivity contribution in [1.29, 1.82) is 5.26 Å². The Labute approximate surface area is 153 Å². The maximum absolute atomic E-state index is 14.0. The largest absolute Gasteiger partial charge is 0.573 e. The lowest BCUT2D eigenvalue weighted by atomic mass is 10.1. The van der Waals surface area contributed by atoms with E-state index in [1.54, 1.807) is 0 Å². The number of nitrogens with zero attached hydrogens (tertiary/aromatic N) is 3. The first-order valence-corrected chi connectivity index (χ1v) is 7.76. The van der Waals surface area contributed by atoms with E-state index in [0.717, 1.165) is 12.1 Å². The zero-order chi connectivity index (χ0) is 20.6. The second-order valence-corrected chi connectivity index (χ2v) is 5.77. The van der Waals surface area contributed by atoms with Crippen LogP contribution in [0.25, 0.3) is 11.0 Å². The number of fused-ring (bicyclic) bond motifs is 1. The van der Waals surface area contributed by atoms with Gasteiger partial charge in [-0.3, -0.25) is 14.8 Å². The molecule has 0 aliphatic carbocycles. The SMILES string of the molecule is CC(c1ccc(OC(F)(F)F)c(F)c1)n1nc(CC#N)c2c(=O)[nH]c(=O)[nH]c21. The van der Waals surface area contributed by atoms with Gasteiger partial charge in [-0.25, -0.2) is 13.9 Å². The molecule has 0 fully saturated rings. The Morgan fingerprint density at radius 1 is 1.32 bits per heavy atom. The standard InChI is InChI=1S/C16H11F4N5O3/c1-7(8-2-3-11(9(17)6-8)28-16(18,19)20)25-13-12(10(24-25)4-5-21)14(26)23-15(27)22-13/h2-3,6-7H,4H2,1H3,(H2,22,23,26,27). The average Bonchev–Trinajstić information content (AvgIpc) is 2.94. The van der Waals surface area contributed by atoms with Gasteiger partial charge in [0.2, 0.25) is 0 Å². The maximum Gasteiger partial charge on any atom is 0.573 e. The van der Waals surface area contributed by atoms with Gasteiger partial charge < -0.3 is 4.74 Å². The summed E-state index contributed by atoms with van der Waals surface area (Å²) >= 11 is 0. The Balaban J connectivity index is 2.10. The molecular formula is C16H11F4N5O3. The first kappa shape index (κ1) is 19.2. The number of ether oxygens (including phenoxy) is 1. The van der Waals surface area contributed by atoms with Crippen molar-refractivity contribution < 1.29 is 22.3 Å². The van der Waals surface area contributed by atoms with Gasteiger partial charge in [0.05, 0.1) is 24.2 Å². The van der Waals surface area contributed by atoms with E-state index in [0.29, 0.717) is 0 Å². The van der Waals surface area contributed by atoms with Crippen LogP contribution in [-0.2, 0) is 6.42 Å². The maximum atomic E-state index is 14.0. The van der Waals surface area contributed by atoms with Crippen LogP contribution in [0.3, 0.4) is 0 Å². The molecule has 1 unspecified atom stereocenters. The summed E-state index contributed by atoms with van der Waals surface area (Å²) in [6.07, 6.45) is -5.27. The quantitative estimate of drug-likeness (QED) is 0.654. The fraction of sp³-hybridized carbons (Fsp3) is 0.250. The number of hydrogen-bond donors (Lipinski definition) is 2. The van der Waals surface area contributed by atoms with Gasteiger partial charge in [-0.2, -0.15) is 10.4 Å². The number of nitriles is 1. The molecule has 0 bridgehead atoms. The van der Waals surface area contributed by atoms with Crippen LogP contribution < -0.4 is 16.0 Å². The number of benzene rings is 1. The molecule has 0 radical (unpaired) electrons. The van der Waals surface area contributed by atoms with Gasteiger partial charge >= 0.3 is 12.1 Å². The number of rotatable bonds is 4. The van der Waals surface area contributed by atoms with Crippen LogP contribution in [0, 0.1) is 17.1 Å². The zero-order valence-corrected chi connectivity index (χ0v) is 14.1. The molecule has 146 valence electrons. The van der Waals surface area contributed by atoms with Gasteiger partial charge in [-0.05, 0) is 24.6 Å². The number of halogens is 4. The number of hydrogen-bond acceptors (Lipinski definition) is 5. The molecule has 2 heterocycles. The molecule has 0 aliphatic heterocycles. The van der Waals surface area contributed by atoms with Gasteiger partial charge in [0.1, 0.15) is 11.0 Å². The monoisotopic (exact) mass is 397 g/mol. The number of aromatic nitrogens is 4. The summed E-state index contributed by atoms with van der Waals surface area (Å²) in [6.45, 7) is 1.53. The van der Waals surface area contributed by atoms with Crippen molar-refractivity contribution in [2.24, 2.45) is 0 Å². The molecule has 3 rings (SSSR count). The number of H-pyrrole nitrogens is 2. The molecule has 0 amide bonds. The van der Waals surface area contributed by atoms with E-state index in [-0.39, 0.29) is 28.7 Å². The highest BCUT2D eigenvalue weighted by Gasteiger charge is 2.32. The highest BCUT2D eigenvalue weighted by atomic mass is 19.4. The van der Waals surface area contributed by atoms with Gasteiger partial charge in [0, 0.05) is 0 Å². The number of nitrogens with one attached hydrogen (secondary N) is 2. The Bertz CT molecular complexity index is 1200. The molecule has 0 saturated heterocycles. The first-order chi connectivity index (χ1) is 13.1. The summed E-state index contributed by atoms with van der Waals surface area (Å²) < 4.78 is 55.6. The van der Waals surface area contributed by atoms with Crippen molar-refractivity contribution in [1.82, 2.24) is 19.7 Å². The summed E-state index contributed by atoms with van der Waals surface area (Å²) in [7, 11) is 0. The van der Waals surface area contributed by atoms with E-state index >= 15 is 0 Å². The topological polar surface area (TPSA) is 117 Å². The van der Waals surface area contributed by atoms with Gasteiger partial charge in [-0.15, -0.1) is 13.2 Å². The predicted molar refractivity (Wildman–Crippen MR) is 87.2 cm³/mol. The van der Waals surface area contributed by atoms with Gasteiger partial charge in [0.25, 0.3) is 5.56 Å². The summed E-state index contributed by atoms with van der Waals surface area (Å²) in [5.41, 5.74) is -1.26. The Morgan fingerprint density at radius 2 is 2.04 bits per heavy atom. The molecule has 28 heavy (non-hydrogen) atoms. The molecule has 0 aliphatic rings. The number of alkyl halides is 3. The van der Waals surface area contributed by atoms with Crippen molar-refractivity contribution in [2.75, 3.05) is 0 Å². The molecule has 2 N–H and O–H groups in total. The average molecular weight is 397 g/mol. The highest BCUT2D eigenvalue weighted by molar-refractivity contribution is 5.77. The lowest BCUT2D eigenvalue weighted by Gasteiger charge is -2.15. The highest BCUT2D eigenvalue weighted by Crippen LogP contribution is 2.29. The smallest absolute Gasteiger partial charge is 0.403 e. The lowest BCUT2D eigenvalue weighted by molar-refractivity contribution is -0.275. The van der Waals surface area contributed by atoms with Gasteiger partial charge in [0.15, 0.2) is 11.6 Å². The fourth-order valence-electron chi connectivity index (χ4n) is 2.75. The molecule has 1 aromatic carbocycles. The van der Waals surface area contributed by atoms with E-state index in [1.807, 2.05) is 11.1 Å². The summed E-state index contributed by atoms with van der Waals surface area (Å²) in [5, 5.41) is 13.0. The van der Waals surface area contributed by atoms with Crippen LogP contribution in [0.15, 0.2) is 27.8 Å². The van der Waals surface area contributed by atoms with Crippen molar-refractivity contribution >= 4 is 11.0 Å². The molecule has 3 aromatic rings. The minimum absolute atomic E-state index is 0.00234. The summed E-state index contributed by atoms with van der Waals surface area (Å²) in [4.78, 5) is 28.1. The summed E-state index contributed by atoms with van der Waals surface area (Å²) in [6, 6.07) is 3.89. The Kier molecular flexibility index (Phi) is 4.68. The molecule has 12 heteroatoms. The van der Waals surface area contributed by atoms with Crippen molar-refractivity contribution in [3.05, 3.63) is 56.1 Å². The third-order valence-electron chi connectivity index (χ3n) is 3.95. The van der Waals surface area contributed by atoms with Crippen molar-refractivity contribution in [3.8, 4) is 11.8 Å². The minimum Gasteiger partial charge on any atom is -0.403 e. The van der Waals surface area contributed by atoms with E-state index in [9.17, 15) is 27.2 Å². The van der Waals surface area contributed by atoms with Crippen LogP contribution in [0.2, 0.25) is 0 Å². The van der Waals surface area contributed by atoms with Crippen LogP contribution in [-0.4, -0.2) is 26.1 Å². The minimum atomic E-state index is -5.04. The van der Waals surface area contributed by atoms with Crippen LogP contribution in [0.1, 0.15) is 24.2 Å². The van der Waals surface area contributed by atoms with Crippen molar-refractivity contribution in [2.45, 2.75) is 25.7 Å². The van der Waals surface area contributed by atoms with E-state index in [2.05, 4.69) is 14.8 Å². The van der Waals surface area contributed by atoms with Gasteiger partial charge in [-0.1, -0.05) is 6.07 Å². The van der Waals surface area contributed by atoms with E-state index in [4.69, 9.17) is 5.26 Å². The first-order valence-electron chi connectivity index (χ1n) is 7.76. The third kappa shape index (κ3) is 3.59. The van der Waals surface area contributed by atoms with Crippen LogP contribution >= 0.6 is 0 Å². The number of aromatic amines is 2. The zero-order valence-electron chi connectivity index (χ0n) is 14.1. The fourth-order valence-corrected chi connectivity index (χ4v) is 2.75. The molecule has 0 spiro atoms. The van der Waals surface area contributed by atoms with Crippen LogP contribution in [0.5, 0.6) is 5.75 Å². The normalized spacial score (nSPS) is 12.7. The molecule has 1 atom stereocenters. The predicted octanol–water partition coefficient (Wildman–Crippen LogP) is 2.13. The van der Waals surface area contributed by atoms with E-state index in [1.165, 1.54) is 17.7 Å². The molecular weight excluding hydrogens is 386 g/mol. The Morgan fingerprint density at radius 3 is 2.64 bits per heavy atom. The third-order valence-corrected chi connectivity index (χ3v) is 3.95. The Hall–Kier alpha value is -3.62. The summed E-state index contributed by atoms with van der Waals surface area (Å²) in [5.74, 6) is -2.24. The second-order valence-electron chi connectivity index (χ2n) is 5.77. The molecule has 2 aromatic heterocycles. The van der Waals surface area contributed by atoms with Crippen molar-refractivity contribution in [3.63, 3.8) is 0 Å².